The minimum absolute atomic E-state index is 0.0499. The van der Waals surface area contributed by atoms with E-state index in [1.807, 2.05) is 18.2 Å². The summed E-state index contributed by atoms with van der Waals surface area (Å²) in [5.74, 6) is -0.138. The highest BCUT2D eigenvalue weighted by Crippen LogP contribution is 2.38. The lowest BCUT2D eigenvalue weighted by molar-refractivity contribution is -0.139. The van der Waals surface area contributed by atoms with Gasteiger partial charge in [0.1, 0.15) is 5.75 Å². The van der Waals surface area contributed by atoms with Crippen LogP contribution < -0.4 is 10.3 Å². The maximum absolute atomic E-state index is 12.6. The molecular weight excluding hydrogens is 394 g/mol. The van der Waals surface area contributed by atoms with Gasteiger partial charge in [-0.25, -0.2) is 4.79 Å². The van der Waals surface area contributed by atoms with Gasteiger partial charge in [-0.3, -0.25) is 4.79 Å². The van der Waals surface area contributed by atoms with E-state index in [4.69, 9.17) is 26.2 Å². The Bertz CT molecular complexity index is 1000. The fraction of sp³-hybridized carbons (Fsp3) is 0.364. The lowest BCUT2D eigenvalue weighted by Gasteiger charge is -2.14. The highest BCUT2D eigenvalue weighted by Gasteiger charge is 2.26. The average molecular weight is 416 g/mol. The summed E-state index contributed by atoms with van der Waals surface area (Å²) in [6.45, 7) is 0.896. The van der Waals surface area contributed by atoms with E-state index in [0.717, 1.165) is 41.7 Å². The summed E-state index contributed by atoms with van der Waals surface area (Å²) in [6.07, 6.45) is 5.16. The monoisotopic (exact) mass is 415 g/mol. The second-order valence-corrected chi connectivity index (χ2v) is 7.87. The van der Waals surface area contributed by atoms with Crippen LogP contribution in [0.15, 0.2) is 41.2 Å². The van der Waals surface area contributed by atoms with Crippen LogP contribution in [0.4, 0.5) is 0 Å². The van der Waals surface area contributed by atoms with E-state index < -0.39 is 12.6 Å². The number of ether oxygens (including phenoxy) is 2. The molecule has 1 aromatic heterocycles. The molecule has 1 aliphatic heterocycles. The number of carbonyl (C=O) groups is 1. The Hall–Kier alpha value is -2.57. The normalized spacial score (nSPS) is 19.3. The van der Waals surface area contributed by atoms with Crippen molar-refractivity contribution in [1.29, 1.82) is 0 Å². The van der Waals surface area contributed by atoms with Gasteiger partial charge in [0.15, 0.2) is 6.61 Å². The molecule has 0 bridgehead atoms. The molecule has 152 valence electrons. The molecule has 7 heteroatoms. The second-order valence-electron chi connectivity index (χ2n) is 7.46. The molecule has 1 saturated heterocycles. The van der Waals surface area contributed by atoms with Gasteiger partial charge in [-0.1, -0.05) is 29.8 Å². The minimum Gasteiger partial charge on any atom is -0.480 e. The predicted molar refractivity (Wildman–Crippen MR) is 110 cm³/mol. The van der Waals surface area contributed by atoms with Crippen molar-refractivity contribution in [3.63, 3.8) is 0 Å². The summed E-state index contributed by atoms with van der Waals surface area (Å²) < 4.78 is 10.7. The molecule has 0 radical (unpaired) electrons. The molecule has 0 amide bonds. The molecule has 1 aromatic carbocycles. The number of pyridine rings is 1. The third-order valence-electron chi connectivity index (χ3n) is 5.21. The predicted octanol–water partition coefficient (Wildman–Crippen LogP) is 3.84. The van der Waals surface area contributed by atoms with Crippen LogP contribution in [0.1, 0.15) is 42.0 Å². The van der Waals surface area contributed by atoms with Gasteiger partial charge < -0.3 is 19.6 Å². The highest BCUT2D eigenvalue weighted by molar-refractivity contribution is 6.32. The average Bonchev–Trinajstić information content (AvgIpc) is 3.40. The first-order chi connectivity index (χ1) is 14.0. The fourth-order valence-corrected chi connectivity index (χ4v) is 3.78. The molecule has 2 fully saturated rings. The van der Waals surface area contributed by atoms with Crippen molar-refractivity contribution in [3.8, 4) is 5.75 Å². The Morgan fingerprint density at radius 2 is 2.10 bits per heavy atom. The van der Waals surface area contributed by atoms with Gasteiger partial charge in [0, 0.05) is 29.4 Å². The minimum atomic E-state index is -1.07. The van der Waals surface area contributed by atoms with Crippen LogP contribution in [0.3, 0.4) is 0 Å². The zero-order chi connectivity index (χ0) is 20.4. The summed E-state index contributed by atoms with van der Waals surface area (Å²) in [5, 5.41) is 9.10. The van der Waals surface area contributed by atoms with Crippen LogP contribution in [0.25, 0.3) is 5.57 Å². The smallest absolute Gasteiger partial charge is 0.341 e. The lowest BCUT2D eigenvalue weighted by atomic mass is 9.96. The quantitative estimate of drug-likeness (QED) is 0.717. The van der Waals surface area contributed by atoms with Crippen molar-refractivity contribution in [2.24, 2.45) is 5.92 Å². The van der Waals surface area contributed by atoms with Crippen LogP contribution >= 0.6 is 11.6 Å². The molecule has 1 unspecified atom stereocenters. The van der Waals surface area contributed by atoms with Crippen molar-refractivity contribution in [1.82, 2.24) is 4.98 Å². The molecule has 4 rings (SSSR count). The molecule has 2 heterocycles. The molecule has 2 aliphatic rings. The van der Waals surface area contributed by atoms with E-state index >= 15 is 0 Å². The van der Waals surface area contributed by atoms with E-state index in [2.05, 4.69) is 11.1 Å². The van der Waals surface area contributed by atoms with Gasteiger partial charge in [-0.15, -0.1) is 0 Å². The number of nitrogens with one attached hydrogen (secondary N) is 1. The van der Waals surface area contributed by atoms with Crippen LogP contribution in [0, 0.1) is 5.92 Å². The summed E-state index contributed by atoms with van der Waals surface area (Å²) >= 11 is 6.33. The van der Waals surface area contributed by atoms with Gasteiger partial charge in [0.05, 0.1) is 11.6 Å². The summed E-state index contributed by atoms with van der Waals surface area (Å²) in [4.78, 5) is 26.3. The number of rotatable bonds is 7. The number of carboxylic acid groups (broad SMARTS) is 1. The van der Waals surface area contributed by atoms with Crippen LogP contribution in [0.5, 0.6) is 5.75 Å². The first kappa shape index (κ1) is 19.7. The van der Waals surface area contributed by atoms with E-state index in [1.165, 1.54) is 0 Å². The Kier molecular flexibility index (Phi) is 5.74. The molecule has 6 nitrogen and oxygen atoms in total. The van der Waals surface area contributed by atoms with Crippen molar-refractivity contribution in [2.75, 3.05) is 19.8 Å². The van der Waals surface area contributed by atoms with Gasteiger partial charge in [0.2, 0.25) is 0 Å². The first-order valence-corrected chi connectivity index (χ1v) is 10.1. The standard InChI is InChI=1S/C22H22ClNO5/c23-18-10-15(3-6-20(18)29-12-21(25)26)17(9-13-7-8-28-11-13)19-5-4-16(14-1-2-14)22(27)24-19/h3-6,9-10,13-14H,1-2,7-8,11-12H2,(H,24,27)(H,25,26)/b17-9+. The van der Waals surface area contributed by atoms with Crippen molar-refractivity contribution in [2.45, 2.75) is 25.2 Å². The highest BCUT2D eigenvalue weighted by atomic mass is 35.5. The third kappa shape index (κ3) is 4.71. The molecule has 1 atom stereocenters. The van der Waals surface area contributed by atoms with Gasteiger partial charge >= 0.3 is 5.97 Å². The maximum atomic E-state index is 12.6. The molecule has 2 aromatic rings. The van der Waals surface area contributed by atoms with E-state index in [1.54, 1.807) is 12.1 Å². The van der Waals surface area contributed by atoms with Crippen LogP contribution in [0.2, 0.25) is 5.02 Å². The maximum Gasteiger partial charge on any atom is 0.341 e. The zero-order valence-corrected chi connectivity index (χ0v) is 16.6. The molecule has 0 spiro atoms. The number of H-pyrrole nitrogens is 1. The van der Waals surface area contributed by atoms with Crippen molar-refractivity contribution >= 4 is 23.1 Å². The number of halogens is 1. The lowest BCUT2D eigenvalue weighted by Crippen LogP contribution is -2.14. The van der Waals surface area contributed by atoms with E-state index in [0.29, 0.717) is 29.9 Å². The number of carboxylic acids is 1. The summed E-state index contributed by atoms with van der Waals surface area (Å²) in [6, 6.07) is 9.05. The topological polar surface area (TPSA) is 88.6 Å². The number of hydrogen-bond acceptors (Lipinski definition) is 4. The van der Waals surface area contributed by atoms with Crippen molar-refractivity contribution in [3.05, 3.63) is 68.6 Å². The molecule has 29 heavy (non-hydrogen) atoms. The Balaban J connectivity index is 1.69. The third-order valence-corrected chi connectivity index (χ3v) is 5.50. The first-order valence-electron chi connectivity index (χ1n) is 9.69. The van der Waals surface area contributed by atoms with Crippen LogP contribution in [-0.2, 0) is 9.53 Å². The molecule has 2 N–H and O–H groups in total. The number of aromatic amines is 1. The number of benzene rings is 1. The molecule has 1 aliphatic carbocycles. The van der Waals surface area contributed by atoms with Crippen molar-refractivity contribution < 1.29 is 19.4 Å². The van der Waals surface area contributed by atoms with Gasteiger partial charge in [-0.2, -0.15) is 0 Å². The number of aromatic nitrogens is 1. The molecule has 1 saturated carbocycles. The second kappa shape index (κ2) is 8.43. The van der Waals surface area contributed by atoms with Crippen LogP contribution in [-0.4, -0.2) is 35.9 Å². The summed E-state index contributed by atoms with van der Waals surface area (Å²) in [7, 11) is 0. The van der Waals surface area contributed by atoms with Gasteiger partial charge in [-0.05, 0) is 48.9 Å². The fourth-order valence-electron chi connectivity index (χ4n) is 3.54. The zero-order valence-electron chi connectivity index (χ0n) is 15.8. The van der Waals surface area contributed by atoms with E-state index in [9.17, 15) is 9.59 Å². The number of aliphatic carboxylic acids is 1. The van der Waals surface area contributed by atoms with E-state index in [-0.39, 0.29) is 11.5 Å². The summed E-state index contributed by atoms with van der Waals surface area (Å²) in [5.41, 5.74) is 3.20. The SMILES string of the molecule is O=C(O)COc1ccc(/C(=C\C2CCOC2)c2ccc(C3CC3)c(=O)[nH]2)cc1Cl. The Morgan fingerprint density at radius 3 is 2.72 bits per heavy atom. The van der Waals surface area contributed by atoms with Gasteiger partial charge in [0.25, 0.3) is 5.56 Å². The molecular formula is C22H22ClNO5. The largest absolute Gasteiger partial charge is 0.480 e. The Labute approximate surface area is 173 Å². The Morgan fingerprint density at radius 1 is 1.28 bits per heavy atom. The number of hydrogen-bond donors (Lipinski definition) is 2.